The molecule has 7 heteroatoms. The van der Waals surface area contributed by atoms with Gasteiger partial charge in [0.05, 0.1) is 5.69 Å². The first-order valence-corrected chi connectivity index (χ1v) is 8.71. The highest BCUT2D eigenvalue weighted by Gasteiger charge is 2.33. The lowest BCUT2D eigenvalue weighted by molar-refractivity contribution is 0.342. The molecule has 1 aromatic rings. The SMILES string of the molecule is Cc1nc(Cl)sc1S(=O)(=O)N1CCCCCC1C. The molecule has 4 nitrogen and oxygen atoms in total. The zero-order valence-electron chi connectivity index (χ0n) is 10.5. The first kappa shape index (κ1) is 14.2. The molecular formula is C11H17ClN2O2S2. The van der Waals surface area contributed by atoms with Crippen molar-refractivity contribution in [3.8, 4) is 0 Å². The minimum absolute atomic E-state index is 0.0535. The van der Waals surface area contributed by atoms with Crippen LogP contribution >= 0.6 is 22.9 Å². The van der Waals surface area contributed by atoms with Crippen molar-refractivity contribution in [3.05, 3.63) is 10.2 Å². The number of aryl methyl sites for hydroxylation is 1. The third-order valence-electron chi connectivity index (χ3n) is 3.26. The molecule has 102 valence electrons. The van der Waals surface area contributed by atoms with Gasteiger partial charge in [0, 0.05) is 12.6 Å². The molecule has 0 spiro atoms. The summed E-state index contributed by atoms with van der Waals surface area (Å²) in [6, 6.07) is 0.0535. The lowest BCUT2D eigenvalue weighted by Gasteiger charge is -2.25. The van der Waals surface area contributed by atoms with Gasteiger partial charge >= 0.3 is 0 Å². The van der Waals surface area contributed by atoms with Gasteiger partial charge in [-0.2, -0.15) is 4.31 Å². The Kier molecular flexibility index (Phi) is 4.31. The van der Waals surface area contributed by atoms with E-state index in [1.807, 2.05) is 6.92 Å². The van der Waals surface area contributed by atoms with E-state index < -0.39 is 10.0 Å². The number of nitrogens with zero attached hydrogens (tertiary/aromatic N) is 2. The molecule has 1 atom stereocenters. The van der Waals surface area contributed by atoms with E-state index in [-0.39, 0.29) is 10.5 Å². The van der Waals surface area contributed by atoms with Crippen LogP contribution < -0.4 is 0 Å². The lowest BCUT2D eigenvalue weighted by atomic mass is 10.1. The van der Waals surface area contributed by atoms with Crippen LogP contribution in [0.2, 0.25) is 4.47 Å². The van der Waals surface area contributed by atoms with E-state index in [9.17, 15) is 8.42 Å². The molecule has 0 aliphatic carbocycles. The number of thiazole rings is 1. The van der Waals surface area contributed by atoms with Gasteiger partial charge < -0.3 is 0 Å². The zero-order valence-corrected chi connectivity index (χ0v) is 12.9. The van der Waals surface area contributed by atoms with Crippen molar-refractivity contribution < 1.29 is 8.42 Å². The minimum Gasteiger partial charge on any atom is -0.229 e. The van der Waals surface area contributed by atoms with Gasteiger partial charge in [-0.3, -0.25) is 0 Å². The van der Waals surface area contributed by atoms with Crippen LogP contribution in [0.5, 0.6) is 0 Å². The maximum absolute atomic E-state index is 12.6. The van der Waals surface area contributed by atoms with Crippen LogP contribution in [0.25, 0.3) is 0 Å². The molecule has 0 aromatic carbocycles. The standard InChI is InChI=1S/C11H17ClN2O2S2/c1-8-6-4-3-5-7-14(8)18(15,16)10-9(2)13-11(12)17-10/h8H,3-7H2,1-2H3. The molecule has 0 bridgehead atoms. The predicted molar refractivity (Wildman–Crippen MR) is 73.7 cm³/mol. The van der Waals surface area contributed by atoms with Crippen molar-refractivity contribution in [3.63, 3.8) is 0 Å². The summed E-state index contributed by atoms with van der Waals surface area (Å²) in [5.74, 6) is 0. The Bertz CT molecular complexity index is 527. The average molecular weight is 309 g/mol. The number of rotatable bonds is 2. The summed E-state index contributed by atoms with van der Waals surface area (Å²) in [5, 5.41) is 0. The Hall–Kier alpha value is -0.170. The van der Waals surface area contributed by atoms with Crippen molar-refractivity contribution in [2.75, 3.05) is 6.54 Å². The van der Waals surface area contributed by atoms with Gasteiger partial charge in [-0.05, 0) is 26.7 Å². The Balaban J connectivity index is 2.38. The van der Waals surface area contributed by atoms with Crippen molar-refractivity contribution in [1.29, 1.82) is 0 Å². The number of aromatic nitrogens is 1. The molecule has 0 radical (unpaired) electrons. The van der Waals surface area contributed by atoms with Crippen LogP contribution in [0.1, 0.15) is 38.3 Å². The van der Waals surface area contributed by atoms with Gasteiger partial charge in [-0.25, -0.2) is 13.4 Å². The predicted octanol–water partition coefficient (Wildman–Crippen LogP) is 3.06. The third-order valence-corrected chi connectivity index (χ3v) is 7.13. The number of sulfonamides is 1. The second-order valence-corrected chi connectivity index (χ2v) is 8.32. The zero-order chi connectivity index (χ0) is 13.3. The quantitative estimate of drug-likeness (QED) is 0.843. The second-order valence-electron chi connectivity index (χ2n) is 4.65. The van der Waals surface area contributed by atoms with Crippen molar-refractivity contribution >= 4 is 33.0 Å². The fourth-order valence-electron chi connectivity index (χ4n) is 2.30. The lowest BCUT2D eigenvalue weighted by Crippen LogP contribution is -2.38. The second kappa shape index (κ2) is 5.45. The van der Waals surface area contributed by atoms with Gasteiger partial charge in [0.25, 0.3) is 10.0 Å². The van der Waals surface area contributed by atoms with Gasteiger partial charge in [0.1, 0.15) is 0 Å². The molecule has 2 heterocycles. The molecule has 18 heavy (non-hydrogen) atoms. The van der Waals surface area contributed by atoms with Gasteiger partial charge in [0.2, 0.25) is 0 Å². The Morgan fingerprint density at radius 3 is 2.72 bits per heavy atom. The Morgan fingerprint density at radius 1 is 1.39 bits per heavy atom. The topological polar surface area (TPSA) is 50.3 Å². The van der Waals surface area contributed by atoms with E-state index in [4.69, 9.17) is 11.6 Å². The highest BCUT2D eigenvalue weighted by atomic mass is 35.5. The Morgan fingerprint density at radius 2 is 2.11 bits per heavy atom. The van der Waals surface area contributed by atoms with Crippen LogP contribution in [0.4, 0.5) is 0 Å². The van der Waals surface area contributed by atoms with Crippen LogP contribution in [0.3, 0.4) is 0 Å². The molecule has 1 aliphatic rings. The van der Waals surface area contributed by atoms with Crippen molar-refractivity contribution in [2.24, 2.45) is 0 Å². The summed E-state index contributed by atoms with van der Waals surface area (Å²) in [5.41, 5.74) is 0.501. The smallest absolute Gasteiger partial charge is 0.229 e. The van der Waals surface area contributed by atoms with E-state index in [1.54, 1.807) is 11.2 Å². The van der Waals surface area contributed by atoms with Crippen molar-refractivity contribution in [1.82, 2.24) is 9.29 Å². The maximum atomic E-state index is 12.6. The van der Waals surface area contributed by atoms with E-state index in [2.05, 4.69) is 4.98 Å². The summed E-state index contributed by atoms with van der Waals surface area (Å²) < 4.78 is 27.4. The number of halogens is 1. The third kappa shape index (κ3) is 2.71. The molecule has 0 N–H and O–H groups in total. The van der Waals surface area contributed by atoms with Crippen LogP contribution in [-0.2, 0) is 10.0 Å². The molecule has 1 aromatic heterocycles. The number of hydrogen-bond donors (Lipinski definition) is 0. The molecule has 1 unspecified atom stereocenters. The van der Waals surface area contributed by atoms with Crippen LogP contribution in [0.15, 0.2) is 4.21 Å². The summed E-state index contributed by atoms with van der Waals surface area (Å²) in [6.45, 7) is 4.26. The van der Waals surface area contributed by atoms with E-state index in [0.717, 1.165) is 37.0 Å². The van der Waals surface area contributed by atoms with Gasteiger partial charge in [-0.1, -0.05) is 35.8 Å². The monoisotopic (exact) mass is 308 g/mol. The highest BCUT2D eigenvalue weighted by Crippen LogP contribution is 2.32. The van der Waals surface area contributed by atoms with Crippen LogP contribution in [-0.4, -0.2) is 30.3 Å². The molecule has 1 saturated heterocycles. The molecule has 0 amide bonds. The summed E-state index contributed by atoms with van der Waals surface area (Å²) in [4.78, 5) is 4.00. The number of hydrogen-bond acceptors (Lipinski definition) is 4. The summed E-state index contributed by atoms with van der Waals surface area (Å²) in [6.07, 6.45) is 4.04. The fourth-order valence-corrected chi connectivity index (χ4v) is 5.85. The van der Waals surface area contributed by atoms with Gasteiger partial charge in [-0.15, -0.1) is 0 Å². The average Bonchev–Trinajstić information content (AvgIpc) is 2.49. The van der Waals surface area contributed by atoms with Crippen molar-refractivity contribution in [2.45, 2.75) is 49.8 Å². The fraction of sp³-hybridized carbons (Fsp3) is 0.727. The van der Waals surface area contributed by atoms with E-state index in [1.165, 1.54) is 0 Å². The van der Waals surface area contributed by atoms with Gasteiger partial charge in [0.15, 0.2) is 8.68 Å². The largest absolute Gasteiger partial charge is 0.254 e. The first-order chi connectivity index (χ1) is 8.43. The minimum atomic E-state index is -3.44. The molecule has 1 aliphatic heterocycles. The van der Waals surface area contributed by atoms with E-state index in [0.29, 0.717) is 16.4 Å². The van der Waals surface area contributed by atoms with Crippen LogP contribution in [0, 0.1) is 6.92 Å². The van der Waals surface area contributed by atoms with E-state index >= 15 is 0 Å². The molecule has 1 fully saturated rings. The molecular weight excluding hydrogens is 292 g/mol. The summed E-state index contributed by atoms with van der Waals surface area (Å²) >= 11 is 6.85. The summed E-state index contributed by atoms with van der Waals surface area (Å²) in [7, 11) is -3.44. The first-order valence-electron chi connectivity index (χ1n) is 6.07. The normalized spacial score (nSPS) is 22.9. The molecule has 0 saturated carbocycles. The maximum Gasteiger partial charge on any atom is 0.254 e. The highest BCUT2D eigenvalue weighted by molar-refractivity contribution is 7.91. The molecule has 2 rings (SSSR count). The Labute approximate surface area is 117 Å².